The Kier molecular flexibility index (Phi) is 5.91. The number of benzene rings is 2. The minimum absolute atomic E-state index is 0.586. The number of hydrogen-bond donors (Lipinski definition) is 0. The monoisotopic (exact) mass is 370 g/mol. The van der Waals surface area contributed by atoms with E-state index in [4.69, 9.17) is 16.1 Å². The number of anilines is 1. The predicted molar refractivity (Wildman–Crippen MR) is 105 cm³/mol. The van der Waals surface area contributed by atoms with E-state index in [0.717, 1.165) is 18.7 Å². The zero-order valence-corrected chi connectivity index (χ0v) is 16.1. The molecule has 0 unspecified atom stereocenters. The summed E-state index contributed by atoms with van der Waals surface area (Å²) in [5.74, 6) is 1.20. The Morgan fingerprint density at radius 2 is 1.65 bits per heavy atom. The van der Waals surface area contributed by atoms with E-state index < -0.39 is 0 Å². The summed E-state index contributed by atoms with van der Waals surface area (Å²) in [5.41, 5.74) is 3.35. The number of hydrogen-bond acceptors (Lipinski definition) is 5. The van der Waals surface area contributed by atoms with Crippen LogP contribution in [-0.2, 0) is 13.1 Å². The fourth-order valence-electron chi connectivity index (χ4n) is 2.66. The summed E-state index contributed by atoms with van der Waals surface area (Å²) in [7, 11) is 4.09. The van der Waals surface area contributed by atoms with E-state index >= 15 is 0 Å². The van der Waals surface area contributed by atoms with E-state index in [2.05, 4.69) is 51.1 Å². The highest BCUT2D eigenvalue weighted by Crippen LogP contribution is 2.20. The normalized spacial score (nSPS) is 11.1. The van der Waals surface area contributed by atoms with Crippen molar-refractivity contribution in [2.75, 3.05) is 25.5 Å². The van der Waals surface area contributed by atoms with Crippen LogP contribution in [0.5, 0.6) is 0 Å². The van der Waals surface area contributed by atoms with Gasteiger partial charge < -0.3 is 9.42 Å². The van der Waals surface area contributed by atoms with Gasteiger partial charge in [-0.1, -0.05) is 35.8 Å². The van der Waals surface area contributed by atoms with Crippen LogP contribution < -0.4 is 4.90 Å². The van der Waals surface area contributed by atoms with E-state index in [1.807, 2.05) is 38.4 Å². The Morgan fingerprint density at radius 3 is 2.27 bits per heavy atom. The molecule has 6 heteroatoms. The minimum atomic E-state index is 0.586. The Labute approximate surface area is 159 Å². The van der Waals surface area contributed by atoms with E-state index in [9.17, 15) is 0 Å². The molecule has 0 saturated carbocycles. The molecule has 0 N–H and O–H groups in total. The summed E-state index contributed by atoms with van der Waals surface area (Å²) in [6, 6.07) is 16.0. The lowest BCUT2D eigenvalue weighted by Gasteiger charge is -2.19. The molecule has 3 aromatic rings. The summed E-state index contributed by atoms with van der Waals surface area (Å²) >= 11 is 5.92. The van der Waals surface area contributed by atoms with Crippen molar-refractivity contribution < 1.29 is 4.52 Å². The molecule has 0 aliphatic heterocycles. The lowest BCUT2D eigenvalue weighted by atomic mass is 10.2. The average molecular weight is 371 g/mol. The first-order valence-electron chi connectivity index (χ1n) is 8.62. The van der Waals surface area contributed by atoms with E-state index in [-0.39, 0.29) is 0 Å². The average Bonchev–Trinajstić information content (AvgIpc) is 3.10. The third-order valence-corrected chi connectivity index (χ3v) is 4.49. The first-order valence-corrected chi connectivity index (χ1v) is 9.00. The Balaban J connectivity index is 1.65. The van der Waals surface area contributed by atoms with Gasteiger partial charge in [0.1, 0.15) is 0 Å². The van der Waals surface area contributed by atoms with Crippen molar-refractivity contribution >= 4 is 17.3 Å². The number of halogens is 1. The molecule has 5 nitrogen and oxygen atoms in total. The molecule has 2 aromatic carbocycles. The summed E-state index contributed by atoms with van der Waals surface area (Å²) in [5, 5.41) is 4.77. The highest BCUT2D eigenvalue weighted by Gasteiger charge is 2.13. The molecule has 0 radical (unpaired) electrons. The molecule has 1 aromatic heterocycles. The van der Waals surface area contributed by atoms with Gasteiger partial charge in [-0.3, -0.25) is 4.90 Å². The van der Waals surface area contributed by atoms with Crippen molar-refractivity contribution in [2.45, 2.75) is 20.0 Å². The van der Waals surface area contributed by atoms with Crippen LogP contribution in [0.2, 0.25) is 5.02 Å². The molecule has 0 spiro atoms. The van der Waals surface area contributed by atoms with Gasteiger partial charge in [-0.15, -0.1) is 0 Å². The van der Waals surface area contributed by atoms with Gasteiger partial charge in [0.2, 0.25) is 11.7 Å². The van der Waals surface area contributed by atoms with Crippen molar-refractivity contribution in [1.29, 1.82) is 0 Å². The van der Waals surface area contributed by atoms with Crippen LogP contribution in [0, 0.1) is 0 Å². The van der Waals surface area contributed by atoms with Gasteiger partial charge in [0.05, 0.1) is 6.54 Å². The molecule has 0 aliphatic rings. The second-order valence-corrected chi connectivity index (χ2v) is 6.82. The van der Waals surface area contributed by atoms with Crippen LogP contribution in [0.15, 0.2) is 53.1 Å². The van der Waals surface area contributed by atoms with Crippen LogP contribution in [0.4, 0.5) is 5.69 Å². The number of nitrogens with zero attached hydrogens (tertiary/aromatic N) is 4. The van der Waals surface area contributed by atoms with Crippen LogP contribution in [0.3, 0.4) is 0 Å². The van der Waals surface area contributed by atoms with E-state index in [0.29, 0.717) is 23.3 Å². The maximum absolute atomic E-state index is 5.92. The molecule has 136 valence electrons. The zero-order valence-electron chi connectivity index (χ0n) is 15.3. The zero-order chi connectivity index (χ0) is 18.5. The number of aromatic nitrogens is 2. The highest BCUT2D eigenvalue weighted by atomic mass is 35.5. The second-order valence-electron chi connectivity index (χ2n) is 6.38. The van der Waals surface area contributed by atoms with Crippen LogP contribution in [0.1, 0.15) is 18.4 Å². The van der Waals surface area contributed by atoms with Crippen LogP contribution >= 0.6 is 11.6 Å². The van der Waals surface area contributed by atoms with Gasteiger partial charge in [0.15, 0.2) is 0 Å². The van der Waals surface area contributed by atoms with Crippen LogP contribution in [0.25, 0.3) is 11.4 Å². The molecular formula is C20H23ClN4O. The summed E-state index contributed by atoms with van der Waals surface area (Å²) in [4.78, 5) is 8.87. The molecule has 1 heterocycles. The maximum Gasteiger partial charge on any atom is 0.241 e. The largest absolute Gasteiger partial charge is 0.378 e. The van der Waals surface area contributed by atoms with Gasteiger partial charge in [0, 0.05) is 36.9 Å². The Bertz CT molecular complexity index is 828. The quantitative estimate of drug-likeness (QED) is 0.613. The fourth-order valence-corrected chi connectivity index (χ4v) is 2.79. The standard InChI is InChI=1S/C20H23ClN4O/c1-4-25(13-15-5-11-18(12-6-15)24(2)3)14-19-22-20(23-26-19)16-7-9-17(21)10-8-16/h5-12H,4,13-14H2,1-3H3. The lowest BCUT2D eigenvalue weighted by Crippen LogP contribution is -2.22. The van der Waals surface area contributed by atoms with Gasteiger partial charge in [-0.05, 0) is 48.5 Å². The lowest BCUT2D eigenvalue weighted by molar-refractivity contribution is 0.229. The first kappa shape index (κ1) is 18.4. The molecule has 0 bridgehead atoms. The summed E-state index contributed by atoms with van der Waals surface area (Å²) in [6.07, 6.45) is 0. The Hall–Kier alpha value is -2.37. The van der Waals surface area contributed by atoms with Gasteiger partial charge in [-0.25, -0.2) is 0 Å². The molecule has 0 saturated heterocycles. The molecule has 0 amide bonds. The van der Waals surface area contributed by atoms with Crippen LogP contribution in [-0.4, -0.2) is 35.7 Å². The third-order valence-electron chi connectivity index (χ3n) is 4.24. The summed E-state index contributed by atoms with van der Waals surface area (Å²) < 4.78 is 5.43. The topological polar surface area (TPSA) is 45.4 Å². The molecule has 0 aliphatic carbocycles. The summed E-state index contributed by atoms with van der Waals surface area (Å²) in [6.45, 7) is 4.48. The smallest absolute Gasteiger partial charge is 0.241 e. The molecule has 0 atom stereocenters. The van der Waals surface area contributed by atoms with Gasteiger partial charge in [-0.2, -0.15) is 4.98 Å². The van der Waals surface area contributed by atoms with Crippen molar-refractivity contribution in [3.8, 4) is 11.4 Å². The third kappa shape index (κ3) is 4.62. The first-order chi connectivity index (χ1) is 12.5. The van der Waals surface area contributed by atoms with Gasteiger partial charge in [0.25, 0.3) is 0 Å². The molecule has 26 heavy (non-hydrogen) atoms. The Morgan fingerprint density at radius 1 is 0.962 bits per heavy atom. The molecule has 0 fully saturated rings. The van der Waals surface area contributed by atoms with Crippen molar-refractivity contribution in [3.63, 3.8) is 0 Å². The predicted octanol–water partition coefficient (Wildman–Crippen LogP) is 4.48. The minimum Gasteiger partial charge on any atom is -0.378 e. The number of rotatable bonds is 7. The second kappa shape index (κ2) is 8.34. The fraction of sp³-hybridized carbons (Fsp3) is 0.300. The maximum atomic E-state index is 5.92. The van der Waals surface area contributed by atoms with E-state index in [1.165, 1.54) is 11.3 Å². The van der Waals surface area contributed by atoms with Crippen molar-refractivity contribution in [1.82, 2.24) is 15.0 Å². The van der Waals surface area contributed by atoms with Crippen molar-refractivity contribution in [2.24, 2.45) is 0 Å². The van der Waals surface area contributed by atoms with E-state index in [1.54, 1.807) is 0 Å². The van der Waals surface area contributed by atoms with Crippen molar-refractivity contribution in [3.05, 3.63) is 65.0 Å². The highest BCUT2D eigenvalue weighted by molar-refractivity contribution is 6.30. The molecular weight excluding hydrogens is 348 g/mol. The molecule has 3 rings (SSSR count). The van der Waals surface area contributed by atoms with Gasteiger partial charge >= 0.3 is 0 Å². The SMILES string of the molecule is CCN(Cc1ccc(N(C)C)cc1)Cc1nc(-c2ccc(Cl)cc2)no1.